The number of hydrogen-bond acceptors (Lipinski definition) is 5. The predicted molar refractivity (Wildman–Crippen MR) is 92.2 cm³/mol. The van der Waals surface area contributed by atoms with Crippen LogP contribution in [0, 0.1) is 0 Å². The van der Waals surface area contributed by atoms with Crippen LogP contribution in [0.5, 0.6) is 0 Å². The number of furan rings is 1. The molecule has 0 saturated carbocycles. The van der Waals surface area contributed by atoms with Gasteiger partial charge in [-0.05, 0) is 32.0 Å². The van der Waals surface area contributed by atoms with Crippen LogP contribution in [0.4, 0.5) is 5.69 Å². The smallest absolute Gasteiger partial charge is 0.256 e. The zero-order chi connectivity index (χ0) is 17.4. The summed E-state index contributed by atoms with van der Waals surface area (Å²) in [4.78, 5) is 17.4. The number of rotatable bonds is 4. The van der Waals surface area contributed by atoms with Gasteiger partial charge >= 0.3 is 0 Å². The molecule has 0 aliphatic heterocycles. The number of aromatic nitrogens is 5. The molecule has 1 amide bonds. The van der Waals surface area contributed by atoms with Crippen molar-refractivity contribution in [2.24, 2.45) is 0 Å². The molecule has 0 fully saturated rings. The molecule has 4 heterocycles. The summed E-state index contributed by atoms with van der Waals surface area (Å²) in [6.07, 6.45) is 6.40. The topological polar surface area (TPSA) is 102 Å². The van der Waals surface area contributed by atoms with Gasteiger partial charge in [-0.2, -0.15) is 10.2 Å². The highest BCUT2D eigenvalue weighted by atomic mass is 16.3. The molecule has 0 bridgehead atoms. The second kappa shape index (κ2) is 5.90. The molecule has 0 atom stereocenters. The Hall–Kier alpha value is -3.42. The van der Waals surface area contributed by atoms with E-state index >= 15 is 0 Å². The zero-order valence-corrected chi connectivity index (χ0v) is 13.7. The van der Waals surface area contributed by atoms with Gasteiger partial charge < -0.3 is 9.73 Å². The monoisotopic (exact) mass is 336 g/mol. The van der Waals surface area contributed by atoms with Crippen molar-refractivity contribution in [2.45, 2.75) is 19.9 Å². The number of aromatic amines is 1. The summed E-state index contributed by atoms with van der Waals surface area (Å²) in [7, 11) is 0. The summed E-state index contributed by atoms with van der Waals surface area (Å²) >= 11 is 0. The Bertz CT molecular complexity index is 1020. The molecule has 126 valence electrons. The second-order valence-electron chi connectivity index (χ2n) is 5.89. The maximum atomic E-state index is 12.8. The third kappa shape index (κ3) is 2.67. The van der Waals surface area contributed by atoms with E-state index < -0.39 is 0 Å². The molecule has 8 heteroatoms. The SMILES string of the molecule is CC(C)n1ncc2c(C(=O)Nc3cn[nH]c3)cc(-c3ccco3)nc21. The van der Waals surface area contributed by atoms with E-state index in [9.17, 15) is 4.79 Å². The molecule has 0 radical (unpaired) electrons. The van der Waals surface area contributed by atoms with E-state index in [0.29, 0.717) is 33.7 Å². The van der Waals surface area contributed by atoms with Crippen LogP contribution in [0.3, 0.4) is 0 Å². The minimum absolute atomic E-state index is 0.113. The Morgan fingerprint density at radius 2 is 2.24 bits per heavy atom. The van der Waals surface area contributed by atoms with Crippen molar-refractivity contribution in [3.05, 3.63) is 48.6 Å². The van der Waals surface area contributed by atoms with Crippen molar-refractivity contribution in [1.82, 2.24) is 25.0 Å². The number of nitrogens with zero attached hydrogens (tertiary/aromatic N) is 4. The highest BCUT2D eigenvalue weighted by Crippen LogP contribution is 2.27. The number of fused-ring (bicyclic) bond motifs is 1. The molecule has 0 aliphatic rings. The Balaban J connectivity index is 1.88. The highest BCUT2D eigenvalue weighted by molar-refractivity contribution is 6.12. The Morgan fingerprint density at radius 3 is 2.92 bits per heavy atom. The first kappa shape index (κ1) is 15.1. The van der Waals surface area contributed by atoms with Gasteiger partial charge in [0, 0.05) is 12.2 Å². The fourth-order valence-corrected chi connectivity index (χ4v) is 2.65. The molecule has 0 saturated heterocycles. The molecule has 0 aromatic carbocycles. The van der Waals surface area contributed by atoms with Gasteiger partial charge in [-0.15, -0.1) is 0 Å². The number of carbonyl (C=O) groups excluding carboxylic acids is 1. The van der Waals surface area contributed by atoms with Crippen LogP contribution in [0.25, 0.3) is 22.5 Å². The molecule has 0 unspecified atom stereocenters. The standard InChI is InChI=1S/C17H16N6O2/c1-10(2)23-16-13(9-20-23)12(17(24)21-11-7-18-19-8-11)6-14(22-16)15-4-3-5-25-15/h3-10H,1-2H3,(H,18,19)(H,21,24). The Labute approximate surface area is 142 Å². The normalized spacial score (nSPS) is 11.3. The highest BCUT2D eigenvalue weighted by Gasteiger charge is 2.19. The number of carbonyl (C=O) groups is 1. The molecule has 4 aromatic heterocycles. The Kier molecular flexibility index (Phi) is 3.57. The van der Waals surface area contributed by atoms with E-state index in [1.165, 1.54) is 0 Å². The fraction of sp³-hybridized carbons (Fsp3) is 0.176. The first-order valence-corrected chi connectivity index (χ1v) is 7.86. The van der Waals surface area contributed by atoms with Crippen molar-refractivity contribution in [3.63, 3.8) is 0 Å². The molecule has 8 nitrogen and oxygen atoms in total. The lowest BCUT2D eigenvalue weighted by molar-refractivity contribution is 0.102. The van der Waals surface area contributed by atoms with E-state index in [-0.39, 0.29) is 11.9 Å². The summed E-state index contributed by atoms with van der Waals surface area (Å²) < 4.78 is 7.24. The molecule has 2 N–H and O–H groups in total. The van der Waals surface area contributed by atoms with Crippen LogP contribution in [-0.4, -0.2) is 30.9 Å². The molecule has 4 rings (SSSR count). The van der Waals surface area contributed by atoms with Gasteiger partial charge in [-0.3, -0.25) is 9.89 Å². The number of pyridine rings is 1. The number of nitrogens with one attached hydrogen (secondary N) is 2. The van der Waals surface area contributed by atoms with Crippen LogP contribution in [-0.2, 0) is 0 Å². The number of hydrogen-bond donors (Lipinski definition) is 2. The largest absolute Gasteiger partial charge is 0.463 e. The van der Waals surface area contributed by atoms with Crippen molar-refractivity contribution in [2.75, 3.05) is 5.32 Å². The second-order valence-corrected chi connectivity index (χ2v) is 5.89. The summed E-state index contributed by atoms with van der Waals surface area (Å²) in [6, 6.07) is 5.42. The van der Waals surface area contributed by atoms with E-state index in [1.54, 1.807) is 41.7 Å². The average Bonchev–Trinajstić information content (AvgIpc) is 3.34. The number of amides is 1. The van der Waals surface area contributed by atoms with Gasteiger partial charge in [0.1, 0.15) is 5.69 Å². The quantitative estimate of drug-likeness (QED) is 0.595. The lowest BCUT2D eigenvalue weighted by Gasteiger charge is -2.09. The van der Waals surface area contributed by atoms with Gasteiger partial charge in [-0.25, -0.2) is 9.67 Å². The molecule has 0 aliphatic carbocycles. The summed E-state index contributed by atoms with van der Waals surface area (Å²) in [5.74, 6) is 0.334. The zero-order valence-electron chi connectivity index (χ0n) is 13.7. The van der Waals surface area contributed by atoms with Gasteiger partial charge in [-0.1, -0.05) is 0 Å². The van der Waals surface area contributed by atoms with Crippen LogP contribution in [0.2, 0.25) is 0 Å². The first-order chi connectivity index (χ1) is 12.1. The first-order valence-electron chi connectivity index (χ1n) is 7.86. The molecule has 4 aromatic rings. The summed E-state index contributed by atoms with van der Waals surface area (Å²) in [5.41, 5.74) is 2.29. The lowest BCUT2D eigenvalue weighted by atomic mass is 10.1. The van der Waals surface area contributed by atoms with E-state index in [0.717, 1.165) is 0 Å². The van der Waals surface area contributed by atoms with Crippen LogP contribution >= 0.6 is 0 Å². The van der Waals surface area contributed by atoms with E-state index in [2.05, 4.69) is 25.6 Å². The maximum absolute atomic E-state index is 12.8. The molecule has 0 spiro atoms. The third-order valence-electron chi connectivity index (χ3n) is 3.83. The van der Waals surface area contributed by atoms with Gasteiger partial charge in [0.2, 0.25) is 0 Å². The van der Waals surface area contributed by atoms with Crippen LogP contribution in [0.15, 0.2) is 47.5 Å². The predicted octanol–water partition coefficient (Wildman–Crippen LogP) is 3.25. The third-order valence-corrected chi connectivity index (χ3v) is 3.83. The summed E-state index contributed by atoms with van der Waals surface area (Å²) in [5, 5.41) is 14.4. The van der Waals surface area contributed by atoms with Crippen molar-refractivity contribution < 1.29 is 9.21 Å². The minimum Gasteiger partial charge on any atom is -0.463 e. The lowest BCUT2D eigenvalue weighted by Crippen LogP contribution is -2.13. The average molecular weight is 336 g/mol. The minimum atomic E-state index is -0.259. The van der Waals surface area contributed by atoms with Crippen LogP contribution in [0.1, 0.15) is 30.2 Å². The van der Waals surface area contributed by atoms with Gasteiger partial charge in [0.25, 0.3) is 5.91 Å². The molecular weight excluding hydrogens is 320 g/mol. The number of H-pyrrole nitrogens is 1. The fourth-order valence-electron chi connectivity index (χ4n) is 2.65. The van der Waals surface area contributed by atoms with E-state index in [1.807, 2.05) is 19.9 Å². The van der Waals surface area contributed by atoms with Crippen molar-refractivity contribution in [3.8, 4) is 11.5 Å². The van der Waals surface area contributed by atoms with Crippen molar-refractivity contribution >= 4 is 22.6 Å². The van der Waals surface area contributed by atoms with Gasteiger partial charge in [0.05, 0.1) is 35.3 Å². The molecular formula is C17H16N6O2. The Morgan fingerprint density at radius 1 is 1.36 bits per heavy atom. The summed E-state index contributed by atoms with van der Waals surface area (Å²) in [6.45, 7) is 4.03. The van der Waals surface area contributed by atoms with Crippen molar-refractivity contribution in [1.29, 1.82) is 0 Å². The van der Waals surface area contributed by atoms with Gasteiger partial charge in [0.15, 0.2) is 11.4 Å². The van der Waals surface area contributed by atoms with E-state index in [4.69, 9.17) is 4.42 Å². The maximum Gasteiger partial charge on any atom is 0.256 e. The number of anilines is 1. The van der Waals surface area contributed by atoms with Crippen LogP contribution < -0.4 is 5.32 Å². The molecule has 25 heavy (non-hydrogen) atoms.